The summed E-state index contributed by atoms with van der Waals surface area (Å²) in [6.07, 6.45) is 0.0465. The van der Waals surface area contributed by atoms with E-state index in [9.17, 15) is 22.6 Å². The third-order valence-electron chi connectivity index (χ3n) is 3.39. The van der Waals surface area contributed by atoms with Crippen molar-refractivity contribution in [1.29, 1.82) is 0 Å². The molecule has 0 unspecified atom stereocenters. The van der Waals surface area contributed by atoms with E-state index in [1.54, 1.807) is 37.4 Å². The van der Waals surface area contributed by atoms with Crippen molar-refractivity contribution in [2.45, 2.75) is 31.6 Å². The number of imide groups is 1. The molecule has 0 fully saturated rings. The third-order valence-corrected chi connectivity index (χ3v) is 5.18. The smallest absolute Gasteiger partial charge is 0.282 e. The summed E-state index contributed by atoms with van der Waals surface area (Å²) in [4.78, 5) is 25.8. The second-order valence-electron chi connectivity index (χ2n) is 4.93. The second kappa shape index (κ2) is 7.25. The largest absolute Gasteiger partial charge is 0.296 e. The molecule has 0 saturated carbocycles. The molecule has 1 aromatic carbocycles. The van der Waals surface area contributed by atoms with E-state index in [0.29, 0.717) is 10.4 Å². The highest BCUT2D eigenvalue weighted by molar-refractivity contribution is 7.86. The van der Waals surface area contributed by atoms with Gasteiger partial charge in [0.25, 0.3) is 10.1 Å². The lowest BCUT2D eigenvalue weighted by molar-refractivity contribution is -0.126. The normalized spacial score (nSPS) is 11.3. The molecule has 1 aromatic heterocycles. The fourth-order valence-electron chi connectivity index (χ4n) is 2.30. The van der Waals surface area contributed by atoms with Gasteiger partial charge in [-0.05, 0) is 17.5 Å². The summed E-state index contributed by atoms with van der Waals surface area (Å²) in [6, 6.07) is 7.79. The van der Waals surface area contributed by atoms with Crippen molar-refractivity contribution in [2.24, 2.45) is 0 Å². The van der Waals surface area contributed by atoms with Gasteiger partial charge in [0.1, 0.15) is 4.90 Å². The van der Waals surface area contributed by atoms with Crippen LogP contribution in [0.2, 0.25) is 0 Å². The summed E-state index contributed by atoms with van der Waals surface area (Å²) in [6.45, 7) is 3.16. The second-order valence-corrected chi connectivity index (χ2v) is 7.27. The fourth-order valence-corrected chi connectivity index (χ4v) is 3.75. The van der Waals surface area contributed by atoms with Crippen LogP contribution in [0, 0.1) is 0 Å². The Morgan fingerprint density at radius 3 is 2.17 bits per heavy atom. The minimum absolute atomic E-state index is 0.0232. The van der Waals surface area contributed by atoms with Crippen molar-refractivity contribution in [1.82, 2.24) is 0 Å². The first kappa shape index (κ1) is 18.3. The number of nitrogens with zero attached hydrogens (tertiary/aromatic N) is 1. The first-order chi connectivity index (χ1) is 11.3. The Kier molecular flexibility index (Phi) is 5.53. The highest BCUT2D eigenvalue weighted by Gasteiger charge is 2.30. The summed E-state index contributed by atoms with van der Waals surface area (Å²) in [5.74, 6) is -1.06. The van der Waals surface area contributed by atoms with Crippen LogP contribution in [-0.2, 0) is 19.7 Å². The van der Waals surface area contributed by atoms with E-state index in [1.807, 2.05) is 0 Å². The molecule has 8 heteroatoms. The Morgan fingerprint density at radius 1 is 1.08 bits per heavy atom. The average Bonchev–Trinajstić information content (AvgIpc) is 3.08. The van der Waals surface area contributed by atoms with E-state index in [4.69, 9.17) is 0 Å². The maximum Gasteiger partial charge on any atom is 0.296 e. The van der Waals surface area contributed by atoms with Crippen LogP contribution in [0.5, 0.6) is 0 Å². The van der Waals surface area contributed by atoms with Gasteiger partial charge in [-0.1, -0.05) is 32.0 Å². The minimum Gasteiger partial charge on any atom is -0.282 e. The molecule has 24 heavy (non-hydrogen) atoms. The first-order valence-electron chi connectivity index (χ1n) is 7.31. The maximum atomic E-state index is 12.3. The molecule has 1 heterocycles. The summed E-state index contributed by atoms with van der Waals surface area (Å²) in [5, 5.41) is 1.80. The number of hydrogen-bond acceptors (Lipinski definition) is 5. The van der Waals surface area contributed by atoms with Crippen LogP contribution in [0.4, 0.5) is 5.69 Å². The summed E-state index contributed by atoms with van der Waals surface area (Å²) < 4.78 is 33.2. The van der Waals surface area contributed by atoms with Gasteiger partial charge in [-0.25, -0.2) is 4.90 Å². The van der Waals surface area contributed by atoms with Gasteiger partial charge < -0.3 is 0 Å². The van der Waals surface area contributed by atoms with Crippen LogP contribution in [0.25, 0.3) is 10.4 Å². The molecule has 2 amide bonds. The summed E-state index contributed by atoms with van der Waals surface area (Å²) >= 11 is 1.34. The topological polar surface area (TPSA) is 91.8 Å². The standard InChI is InChI=1S/C16H17NO5S2/c1-3-14(18)17(15(19)4-2)16-11(12-8-6-10-23-12)7-5-9-13(16)24(20,21)22/h5-10H,3-4H2,1-2H3,(H,20,21,22). The number of carbonyl (C=O) groups is 2. The zero-order chi connectivity index (χ0) is 17.9. The van der Waals surface area contributed by atoms with Crippen LogP contribution in [0.15, 0.2) is 40.6 Å². The zero-order valence-electron chi connectivity index (χ0n) is 13.2. The van der Waals surface area contributed by atoms with Crippen molar-refractivity contribution in [3.8, 4) is 10.4 Å². The lowest BCUT2D eigenvalue weighted by Crippen LogP contribution is -2.37. The first-order valence-corrected chi connectivity index (χ1v) is 9.63. The van der Waals surface area contributed by atoms with Crippen molar-refractivity contribution in [3.05, 3.63) is 35.7 Å². The van der Waals surface area contributed by atoms with Gasteiger partial charge in [0.2, 0.25) is 11.8 Å². The molecular formula is C16H17NO5S2. The van der Waals surface area contributed by atoms with Crippen LogP contribution >= 0.6 is 11.3 Å². The van der Waals surface area contributed by atoms with Crippen molar-refractivity contribution < 1.29 is 22.6 Å². The predicted octanol–water partition coefficient (Wildman–Crippen LogP) is 3.34. The van der Waals surface area contributed by atoms with Crippen molar-refractivity contribution in [3.63, 3.8) is 0 Å². The maximum absolute atomic E-state index is 12.3. The lowest BCUT2D eigenvalue weighted by atomic mass is 10.1. The molecule has 2 rings (SSSR count). The molecule has 0 saturated heterocycles. The quantitative estimate of drug-likeness (QED) is 0.818. The van der Waals surface area contributed by atoms with Crippen LogP contribution in [0.1, 0.15) is 26.7 Å². The monoisotopic (exact) mass is 367 g/mol. The molecule has 0 bridgehead atoms. The molecule has 1 N–H and O–H groups in total. The van der Waals surface area contributed by atoms with Gasteiger partial charge in [0.15, 0.2) is 0 Å². The molecule has 0 spiro atoms. The van der Waals surface area contributed by atoms with E-state index >= 15 is 0 Å². The van der Waals surface area contributed by atoms with E-state index in [2.05, 4.69) is 0 Å². The van der Waals surface area contributed by atoms with Gasteiger partial charge in [-0.15, -0.1) is 11.3 Å². The molecule has 0 radical (unpaired) electrons. The number of benzene rings is 1. The zero-order valence-corrected chi connectivity index (χ0v) is 14.9. The van der Waals surface area contributed by atoms with Crippen LogP contribution in [0.3, 0.4) is 0 Å². The Hall–Kier alpha value is -2.03. The average molecular weight is 367 g/mol. The summed E-state index contributed by atoms with van der Waals surface area (Å²) in [7, 11) is -4.62. The molecule has 0 aliphatic heterocycles. The molecule has 6 nitrogen and oxygen atoms in total. The number of thiophene rings is 1. The SMILES string of the molecule is CCC(=O)N(C(=O)CC)c1c(-c2cccs2)cccc1S(=O)(=O)O. The highest BCUT2D eigenvalue weighted by Crippen LogP contribution is 2.39. The fraction of sp³-hybridized carbons (Fsp3) is 0.250. The molecule has 2 aromatic rings. The number of hydrogen-bond donors (Lipinski definition) is 1. The molecule has 0 atom stereocenters. The third kappa shape index (κ3) is 3.55. The Bertz CT molecular complexity index is 841. The Morgan fingerprint density at radius 2 is 1.71 bits per heavy atom. The molecule has 128 valence electrons. The number of carbonyl (C=O) groups excluding carboxylic acids is 2. The molecule has 0 aliphatic rings. The number of para-hydroxylation sites is 1. The van der Waals surface area contributed by atoms with E-state index in [0.717, 1.165) is 4.90 Å². The Balaban J connectivity index is 2.86. The highest BCUT2D eigenvalue weighted by atomic mass is 32.2. The van der Waals surface area contributed by atoms with Crippen LogP contribution < -0.4 is 4.90 Å². The molecular weight excluding hydrogens is 350 g/mol. The van der Waals surface area contributed by atoms with Gasteiger partial charge >= 0.3 is 0 Å². The summed E-state index contributed by atoms with van der Waals surface area (Å²) in [5.41, 5.74) is 0.310. The van der Waals surface area contributed by atoms with Gasteiger partial charge in [-0.2, -0.15) is 8.42 Å². The van der Waals surface area contributed by atoms with Gasteiger partial charge in [0, 0.05) is 23.3 Å². The van der Waals surface area contributed by atoms with E-state index in [1.165, 1.54) is 23.5 Å². The number of rotatable bonds is 5. The van der Waals surface area contributed by atoms with Crippen molar-refractivity contribution >= 4 is 39.0 Å². The van der Waals surface area contributed by atoms with E-state index in [-0.39, 0.29) is 18.5 Å². The number of anilines is 1. The van der Waals surface area contributed by atoms with Gasteiger partial charge in [-0.3, -0.25) is 14.1 Å². The Labute approximate surface area is 144 Å². The minimum atomic E-state index is -4.62. The van der Waals surface area contributed by atoms with Crippen LogP contribution in [-0.4, -0.2) is 24.8 Å². The van der Waals surface area contributed by atoms with Gasteiger partial charge in [0.05, 0.1) is 5.69 Å². The van der Waals surface area contributed by atoms with E-state index < -0.39 is 26.8 Å². The van der Waals surface area contributed by atoms with Crippen molar-refractivity contribution in [2.75, 3.05) is 4.90 Å². The predicted molar refractivity (Wildman–Crippen MR) is 92.6 cm³/mol. The lowest BCUT2D eigenvalue weighted by Gasteiger charge is -2.24. The molecule has 0 aliphatic carbocycles. The number of amides is 2.